The summed E-state index contributed by atoms with van der Waals surface area (Å²) in [5.41, 5.74) is 7.54. The molecule has 0 spiro atoms. The maximum atomic E-state index is 6.13. The Balaban J connectivity index is 0.000000204. The predicted molar refractivity (Wildman–Crippen MR) is 217 cm³/mol. The monoisotopic (exact) mass is 725 g/mol. The van der Waals surface area contributed by atoms with Gasteiger partial charge in [0.25, 0.3) is 0 Å². The highest BCUT2D eigenvalue weighted by molar-refractivity contribution is 6.35. The van der Waals surface area contributed by atoms with Crippen LogP contribution in [0.25, 0.3) is 0 Å². The van der Waals surface area contributed by atoms with Gasteiger partial charge in [-0.2, -0.15) is 15.3 Å². The second-order valence-corrected chi connectivity index (χ2v) is 14.8. The van der Waals surface area contributed by atoms with Crippen LogP contribution < -0.4 is 14.7 Å². The van der Waals surface area contributed by atoms with E-state index in [1.54, 1.807) is 12.4 Å². The Labute approximate surface area is 315 Å². The third kappa shape index (κ3) is 10.3. The van der Waals surface area contributed by atoms with Crippen molar-refractivity contribution in [1.82, 2.24) is 15.2 Å². The first-order valence-electron chi connectivity index (χ1n) is 18.3. The number of hydrogen-bond donors (Lipinski definition) is 0. The van der Waals surface area contributed by atoms with E-state index in [2.05, 4.69) is 119 Å². The first kappa shape index (κ1) is 38.2. The van der Waals surface area contributed by atoms with Gasteiger partial charge in [0.2, 0.25) is 0 Å². The van der Waals surface area contributed by atoms with Gasteiger partial charge in [-0.05, 0) is 116 Å². The molecule has 1 saturated heterocycles. The Morgan fingerprint density at radius 1 is 0.784 bits per heavy atom. The lowest BCUT2D eigenvalue weighted by atomic mass is 9.98. The Morgan fingerprint density at radius 2 is 1.37 bits per heavy atom. The second kappa shape index (κ2) is 18.4. The molecule has 3 heterocycles. The summed E-state index contributed by atoms with van der Waals surface area (Å²) in [5.74, 6) is 2.10. The highest BCUT2D eigenvalue weighted by Gasteiger charge is 2.27. The molecule has 4 aromatic rings. The van der Waals surface area contributed by atoms with E-state index in [9.17, 15) is 0 Å². The van der Waals surface area contributed by atoms with E-state index in [-0.39, 0.29) is 0 Å². The summed E-state index contributed by atoms with van der Waals surface area (Å²) in [4.78, 5) is 7.03. The number of aromatic nitrogens is 2. The molecule has 7 rings (SSSR count). The summed E-state index contributed by atoms with van der Waals surface area (Å²) in [5, 5.41) is 15.4. The van der Waals surface area contributed by atoms with Gasteiger partial charge in [0.15, 0.2) is 0 Å². The summed E-state index contributed by atoms with van der Waals surface area (Å²) in [6.07, 6.45) is 11.6. The minimum Gasteiger partial charge on any atom is -0.368 e. The second-order valence-electron chi connectivity index (χ2n) is 13.9. The van der Waals surface area contributed by atoms with Crippen LogP contribution in [0.4, 0.5) is 17.1 Å². The minimum absolute atomic E-state index is 0.322. The van der Waals surface area contributed by atoms with Crippen LogP contribution in [-0.4, -0.2) is 53.8 Å². The van der Waals surface area contributed by atoms with E-state index >= 15 is 0 Å². The summed E-state index contributed by atoms with van der Waals surface area (Å²) in [6, 6.07) is 25.9. The molecule has 1 unspecified atom stereocenters. The van der Waals surface area contributed by atoms with Gasteiger partial charge in [-0.1, -0.05) is 81.6 Å². The standard InChI is InChI=1S/C26H35N5.C11H12Cl2.C5H6N2/c1-6-23-7-9-24(10-8-23)28-15-17-29(18-16-28)25-11-13-26(14-12-25)30-19-27-31(22(30)5)21(4)20(2)3;12-9-5-6-10(11(13)7-9)8-3-1-2-4-8;1-5-2-3-6-7-4-5/h7-14,19-21H,5-6,15-18H2,1-4H3;5-8H,1-4H2;2-4H,1H3. The smallest absolute Gasteiger partial charge is 0.128 e. The number of hydrogen-bond acceptors (Lipinski definition) is 7. The Hall–Kier alpha value is -4.07. The van der Waals surface area contributed by atoms with Crippen LogP contribution in [0.5, 0.6) is 0 Å². The summed E-state index contributed by atoms with van der Waals surface area (Å²) < 4.78 is 0. The van der Waals surface area contributed by atoms with E-state index in [1.165, 1.54) is 48.2 Å². The summed E-state index contributed by atoms with van der Waals surface area (Å²) in [7, 11) is 0. The van der Waals surface area contributed by atoms with E-state index in [4.69, 9.17) is 23.2 Å². The number of halogens is 2. The highest BCUT2D eigenvalue weighted by Crippen LogP contribution is 2.38. The molecule has 270 valence electrons. The maximum absolute atomic E-state index is 6.13. The van der Waals surface area contributed by atoms with Crippen LogP contribution in [0.2, 0.25) is 10.0 Å². The minimum atomic E-state index is 0.322. The summed E-state index contributed by atoms with van der Waals surface area (Å²) >= 11 is 12.0. The van der Waals surface area contributed by atoms with Crippen molar-refractivity contribution in [2.24, 2.45) is 11.0 Å². The van der Waals surface area contributed by atoms with Gasteiger partial charge in [0.05, 0.1) is 12.2 Å². The molecule has 3 aromatic carbocycles. The van der Waals surface area contributed by atoms with E-state index in [1.807, 2.05) is 36.5 Å². The third-order valence-electron chi connectivity index (χ3n) is 10.2. The first-order valence-corrected chi connectivity index (χ1v) is 19.1. The SMILES string of the molecule is C=C1N(c2ccc(N3CCN(c4ccc(CC)cc4)CC3)cc2)C=NN1C(C)C(C)C.Cc1ccnnc1.Clc1ccc(C2CCCC2)c(Cl)c1. The van der Waals surface area contributed by atoms with Crippen molar-refractivity contribution in [3.05, 3.63) is 124 Å². The third-order valence-corrected chi connectivity index (χ3v) is 10.7. The fourth-order valence-corrected chi connectivity index (χ4v) is 7.17. The van der Waals surface area contributed by atoms with E-state index in [0.29, 0.717) is 17.9 Å². The molecule has 1 aliphatic carbocycles. The van der Waals surface area contributed by atoms with Crippen molar-refractivity contribution in [3.63, 3.8) is 0 Å². The number of benzene rings is 3. The van der Waals surface area contributed by atoms with Gasteiger partial charge in [-0.25, -0.2) is 5.01 Å². The molecular formula is C42H53Cl2N7. The lowest BCUT2D eigenvalue weighted by Gasteiger charge is -2.37. The van der Waals surface area contributed by atoms with Crippen molar-refractivity contribution in [2.45, 2.75) is 78.7 Å². The molecule has 1 aromatic heterocycles. The van der Waals surface area contributed by atoms with E-state index in [0.717, 1.165) is 59.7 Å². The van der Waals surface area contributed by atoms with Crippen molar-refractivity contribution in [3.8, 4) is 0 Å². The van der Waals surface area contributed by atoms with Gasteiger partial charge in [0.1, 0.15) is 12.2 Å². The van der Waals surface area contributed by atoms with Crippen molar-refractivity contribution in [1.29, 1.82) is 0 Å². The molecule has 3 aliphatic rings. The predicted octanol–water partition coefficient (Wildman–Crippen LogP) is 10.6. The van der Waals surface area contributed by atoms with Gasteiger partial charge in [-0.3, -0.25) is 4.90 Å². The molecule has 7 nitrogen and oxygen atoms in total. The lowest BCUT2D eigenvalue weighted by molar-refractivity contribution is 0.235. The highest BCUT2D eigenvalue weighted by atomic mass is 35.5. The Kier molecular flexibility index (Phi) is 13.8. The first-order chi connectivity index (χ1) is 24.6. The molecule has 1 atom stereocenters. The van der Waals surface area contributed by atoms with Crippen LogP contribution in [0, 0.1) is 12.8 Å². The normalized spacial score (nSPS) is 16.6. The zero-order valence-electron chi connectivity index (χ0n) is 30.8. The molecule has 1 saturated carbocycles. The van der Waals surface area contributed by atoms with Gasteiger partial charge in [-0.15, -0.1) is 0 Å². The number of piperazine rings is 1. The van der Waals surface area contributed by atoms with E-state index < -0.39 is 0 Å². The number of hydrazone groups is 1. The molecule has 0 amide bonds. The Bertz CT molecular complexity index is 1700. The van der Waals surface area contributed by atoms with Crippen LogP contribution in [-0.2, 0) is 6.42 Å². The van der Waals surface area contributed by atoms with Crippen molar-refractivity contribution < 1.29 is 0 Å². The molecule has 0 bridgehead atoms. The average Bonchev–Trinajstić information content (AvgIpc) is 3.83. The van der Waals surface area contributed by atoms with Crippen molar-refractivity contribution in [2.75, 3.05) is 40.9 Å². The molecule has 0 N–H and O–H groups in total. The number of anilines is 3. The van der Waals surface area contributed by atoms with Crippen LogP contribution in [0.1, 0.15) is 76.0 Å². The molecule has 2 fully saturated rings. The molecule has 9 heteroatoms. The zero-order chi connectivity index (χ0) is 36.3. The number of aryl methyl sites for hydroxylation is 2. The fraction of sp³-hybridized carbons (Fsp3) is 0.405. The van der Waals surface area contributed by atoms with Gasteiger partial charge >= 0.3 is 0 Å². The van der Waals surface area contributed by atoms with Crippen LogP contribution in [0.15, 0.2) is 103 Å². The summed E-state index contributed by atoms with van der Waals surface area (Å²) in [6.45, 7) is 19.2. The maximum Gasteiger partial charge on any atom is 0.128 e. The lowest BCUT2D eigenvalue weighted by Crippen LogP contribution is -2.46. The quantitative estimate of drug-likeness (QED) is 0.189. The van der Waals surface area contributed by atoms with Crippen molar-refractivity contribution >= 4 is 46.6 Å². The number of rotatable bonds is 7. The van der Waals surface area contributed by atoms with Gasteiger partial charge in [0, 0.05) is 59.5 Å². The number of nitrogens with zero attached hydrogens (tertiary/aromatic N) is 7. The molecular weight excluding hydrogens is 673 g/mol. The average molecular weight is 727 g/mol. The Morgan fingerprint density at radius 3 is 1.86 bits per heavy atom. The topological polar surface area (TPSA) is 51.1 Å². The van der Waals surface area contributed by atoms with Crippen LogP contribution in [0.3, 0.4) is 0 Å². The zero-order valence-corrected chi connectivity index (χ0v) is 32.4. The molecule has 51 heavy (non-hydrogen) atoms. The molecule has 2 aliphatic heterocycles. The van der Waals surface area contributed by atoms with Gasteiger partial charge < -0.3 is 9.80 Å². The van der Waals surface area contributed by atoms with Crippen LogP contribution >= 0.6 is 23.2 Å². The fourth-order valence-electron chi connectivity index (χ4n) is 6.60. The largest absolute Gasteiger partial charge is 0.368 e. The molecule has 0 radical (unpaired) electrons.